The molecule has 6 heteroatoms. The predicted octanol–water partition coefficient (Wildman–Crippen LogP) is 4.42. The van der Waals surface area contributed by atoms with E-state index < -0.39 is 0 Å². The molecule has 0 bridgehead atoms. The monoisotopic (exact) mass is 390 g/mol. The van der Waals surface area contributed by atoms with E-state index in [4.69, 9.17) is 0 Å². The van der Waals surface area contributed by atoms with Crippen molar-refractivity contribution in [2.75, 3.05) is 17.2 Å². The van der Waals surface area contributed by atoms with Gasteiger partial charge in [0.05, 0.1) is 0 Å². The van der Waals surface area contributed by atoms with Crippen molar-refractivity contribution in [2.24, 2.45) is 0 Å². The number of benzene rings is 2. The van der Waals surface area contributed by atoms with Crippen molar-refractivity contribution >= 4 is 29.2 Å². The smallest absolute Gasteiger partial charge is 0.255 e. The topological polar surface area (TPSA) is 66.9 Å². The molecule has 1 amide bonds. The summed E-state index contributed by atoms with van der Waals surface area (Å²) in [7, 11) is 0. The number of thioether (sulfide) groups is 1. The first-order valence-corrected chi connectivity index (χ1v) is 10.3. The molecule has 3 aromatic rings. The molecule has 2 heterocycles. The molecule has 0 aliphatic carbocycles. The molecular formula is C22H22N4OS. The van der Waals surface area contributed by atoms with Crippen LogP contribution in [-0.2, 0) is 12.8 Å². The van der Waals surface area contributed by atoms with Crippen LogP contribution in [0.1, 0.15) is 28.4 Å². The molecule has 28 heavy (non-hydrogen) atoms. The highest BCUT2D eigenvalue weighted by Crippen LogP contribution is 2.37. The van der Waals surface area contributed by atoms with Crippen molar-refractivity contribution < 1.29 is 4.79 Å². The first-order valence-electron chi connectivity index (χ1n) is 9.39. The Morgan fingerprint density at radius 1 is 1.11 bits per heavy atom. The van der Waals surface area contributed by atoms with Crippen LogP contribution in [0.3, 0.4) is 0 Å². The number of hydrogen-bond acceptors (Lipinski definition) is 5. The molecule has 2 aromatic carbocycles. The molecule has 5 nitrogen and oxygen atoms in total. The standard InChI is InChI=1S/C22H22N4OS/c1-15-13-19-20(24-14-25-22(19)28-15)23-12-11-16-7-9-18(10-8-16)26-21(27)17-5-3-2-4-6-17/h2-10,14-15H,11-13H2,1H3,(H,26,27)(H,23,24,25). The zero-order chi connectivity index (χ0) is 19.3. The van der Waals surface area contributed by atoms with Crippen molar-refractivity contribution in [3.8, 4) is 0 Å². The molecule has 1 aliphatic heterocycles. The van der Waals surface area contributed by atoms with Gasteiger partial charge in [-0.25, -0.2) is 9.97 Å². The fourth-order valence-electron chi connectivity index (χ4n) is 3.23. The minimum atomic E-state index is -0.0975. The SMILES string of the molecule is CC1Cc2c(NCCc3ccc(NC(=O)c4ccccc4)cc3)ncnc2S1. The molecule has 142 valence electrons. The fraction of sp³-hybridized carbons (Fsp3) is 0.227. The zero-order valence-corrected chi connectivity index (χ0v) is 16.5. The number of carbonyl (C=O) groups is 1. The first-order chi connectivity index (χ1) is 13.7. The molecule has 0 saturated carbocycles. The van der Waals surface area contributed by atoms with Crippen LogP contribution in [0, 0.1) is 0 Å². The molecule has 4 rings (SSSR count). The lowest BCUT2D eigenvalue weighted by Gasteiger charge is -2.10. The van der Waals surface area contributed by atoms with Crippen LogP contribution in [-0.4, -0.2) is 27.7 Å². The van der Waals surface area contributed by atoms with Crippen molar-refractivity contribution in [2.45, 2.75) is 30.0 Å². The number of amides is 1. The Hall–Kier alpha value is -2.86. The van der Waals surface area contributed by atoms with Gasteiger partial charge in [0.2, 0.25) is 0 Å². The molecule has 1 aliphatic rings. The van der Waals surface area contributed by atoms with Crippen molar-refractivity contribution in [1.29, 1.82) is 0 Å². The van der Waals surface area contributed by atoms with Gasteiger partial charge in [0.25, 0.3) is 5.91 Å². The van der Waals surface area contributed by atoms with Crippen LogP contribution >= 0.6 is 11.8 Å². The summed E-state index contributed by atoms with van der Waals surface area (Å²) >= 11 is 1.81. The number of anilines is 2. The predicted molar refractivity (Wildman–Crippen MR) is 114 cm³/mol. The van der Waals surface area contributed by atoms with Gasteiger partial charge >= 0.3 is 0 Å². The molecule has 0 fully saturated rings. The maximum absolute atomic E-state index is 12.2. The summed E-state index contributed by atoms with van der Waals surface area (Å²) in [6.07, 6.45) is 3.53. The summed E-state index contributed by atoms with van der Waals surface area (Å²) in [4.78, 5) is 21.0. The van der Waals surface area contributed by atoms with E-state index in [2.05, 4.69) is 27.5 Å². The lowest BCUT2D eigenvalue weighted by Crippen LogP contribution is -2.12. The Balaban J connectivity index is 1.31. The van der Waals surface area contributed by atoms with Gasteiger partial charge in [0.1, 0.15) is 17.2 Å². The summed E-state index contributed by atoms with van der Waals surface area (Å²) in [6.45, 7) is 3.02. The van der Waals surface area contributed by atoms with Gasteiger partial charge in [0.15, 0.2) is 0 Å². The van der Waals surface area contributed by atoms with Gasteiger partial charge in [0, 0.05) is 28.6 Å². The lowest BCUT2D eigenvalue weighted by atomic mass is 10.1. The van der Waals surface area contributed by atoms with Gasteiger partial charge < -0.3 is 10.6 Å². The van der Waals surface area contributed by atoms with Crippen LogP contribution in [0.15, 0.2) is 66.0 Å². The maximum Gasteiger partial charge on any atom is 0.255 e. The van der Waals surface area contributed by atoms with Crippen molar-refractivity contribution in [3.63, 3.8) is 0 Å². The highest BCUT2D eigenvalue weighted by atomic mass is 32.2. The molecule has 2 N–H and O–H groups in total. The Morgan fingerprint density at radius 2 is 1.89 bits per heavy atom. The van der Waals surface area contributed by atoms with Crippen LogP contribution in [0.4, 0.5) is 11.5 Å². The summed E-state index contributed by atoms with van der Waals surface area (Å²) in [6, 6.07) is 17.2. The molecular weight excluding hydrogens is 368 g/mol. The molecule has 0 spiro atoms. The molecule has 1 aromatic heterocycles. The van der Waals surface area contributed by atoms with Gasteiger partial charge in [-0.2, -0.15) is 0 Å². The summed E-state index contributed by atoms with van der Waals surface area (Å²) in [5.41, 5.74) is 3.89. The van der Waals surface area contributed by atoms with E-state index in [1.807, 2.05) is 54.2 Å². The van der Waals surface area contributed by atoms with Crippen LogP contribution in [0.2, 0.25) is 0 Å². The Bertz CT molecular complexity index is 960. The number of rotatable bonds is 6. The molecule has 0 radical (unpaired) electrons. The van der Waals surface area contributed by atoms with Gasteiger partial charge in [-0.15, -0.1) is 11.8 Å². The highest BCUT2D eigenvalue weighted by molar-refractivity contribution is 8.00. The van der Waals surface area contributed by atoms with E-state index in [0.717, 1.165) is 35.9 Å². The number of fused-ring (bicyclic) bond motifs is 1. The number of hydrogen-bond donors (Lipinski definition) is 2. The average Bonchev–Trinajstić information content (AvgIpc) is 3.11. The fourth-order valence-corrected chi connectivity index (χ4v) is 4.29. The Kier molecular flexibility index (Phi) is 5.58. The minimum Gasteiger partial charge on any atom is -0.369 e. The third-order valence-corrected chi connectivity index (χ3v) is 5.81. The number of nitrogens with one attached hydrogen (secondary N) is 2. The van der Waals surface area contributed by atoms with Crippen LogP contribution in [0.5, 0.6) is 0 Å². The maximum atomic E-state index is 12.2. The van der Waals surface area contributed by atoms with E-state index >= 15 is 0 Å². The minimum absolute atomic E-state index is 0.0975. The summed E-state index contributed by atoms with van der Waals surface area (Å²) < 4.78 is 0. The second-order valence-corrected chi connectivity index (χ2v) is 8.26. The van der Waals surface area contributed by atoms with Gasteiger partial charge in [-0.1, -0.05) is 37.3 Å². The van der Waals surface area contributed by atoms with Crippen molar-refractivity contribution in [3.05, 3.63) is 77.6 Å². The largest absolute Gasteiger partial charge is 0.369 e. The van der Waals surface area contributed by atoms with E-state index in [1.165, 1.54) is 11.1 Å². The Labute approximate surface area is 169 Å². The summed E-state index contributed by atoms with van der Waals surface area (Å²) in [5.74, 6) is 0.855. The highest BCUT2D eigenvalue weighted by Gasteiger charge is 2.23. The van der Waals surface area contributed by atoms with Crippen molar-refractivity contribution in [1.82, 2.24) is 9.97 Å². The number of carbonyl (C=O) groups excluding carboxylic acids is 1. The number of aromatic nitrogens is 2. The second kappa shape index (κ2) is 8.44. The zero-order valence-electron chi connectivity index (χ0n) is 15.7. The van der Waals surface area contributed by atoms with E-state index in [0.29, 0.717) is 10.8 Å². The Morgan fingerprint density at radius 3 is 2.68 bits per heavy atom. The second-order valence-electron chi connectivity index (χ2n) is 6.83. The van der Waals surface area contributed by atoms with Crippen LogP contribution in [0.25, 0.3) is 0 Å². The van der Waals surface area contributed by atoms with E-state index in [9.17, 15) is 4.79 Å². The van der Waals surface area contributed by atoms with E-state index in [1.54, 1.807) is 18.5 Å². The third-order valence-electron chi connectivity index (χ3n) is 4.66. The summed E-state index contributed by atoms with van der Waals surface area (Å²) in [5, 5.41) is 8.04. The van der Waals surface area contributed by atoms with Crippen LogP contribution < -0.4 is 10.6 Å². The quantitative estimate of drug-likeness (QED) is 0.610. The lowest BCUT2D eigenvalue weighted by molar-refractivity contribution is 0.102. The van der Waals surface area contributed by atoms with Gasteiger partial charge in [-0.05, 0) is 42.7 Å². The first kappa shape index (κ1) is 18.5. The normalized spacial score (nSPS) is 15.1. The van der Waals surface area contributed by atoms with E-state index in [-0.39, 0.29) is 5.91 Å². The van der Waals surface area contributed by atoms with Gasteiger partial charge in [-0.3, -0.25) is 4.79 Å². The molecule has 1 atom stereocenters. The third kappa shape index (κ3) is 4.34. The molecule has 0 saturated heterocycles. The molecule has 1 unspecified atom stereocenters. The average molecular weight is 391 g/mol. The number of nitrogens with zero attached hydrogens (tertiary/aromatic N) is 2.